The average Bonchev–Trinajstić information content (AvgIpc) is 3.33. The highest BCUT2D eigenvalue weighted by atomic mass is 16.6. The Bertz CT molecular complexity index is 1450. The molecule has 0 bridgehead atoms. The van der Waals surface area contributed by atoms with Crippen LogP contribution in [-0.2, 0) is 6.61 Å². The second-order valence-electron chi connectivity index (χ2n) is 7.57. The second kappa shape index (κ2) is 10.4. The molecule has 11 nitrogen and oxygen atoms in total. The summed E-state index contributed by atoms with van der Waals surface area (Å²) < 4.78 is 16.7. The van der Waals surface area contributed by atoms with Crippen LogP contribution in [-0.4, -0.2) is 15.8 Å². The number of ether oxygens (including phenoxy) is 2. The number of anilines is 1. The summed E-state index contributed by atoms with van der Waals surface area (Å²) in [5.41, 5.74) is 0.499. The number of nitrogens with zero attached hydrogens (tertiary/aromatic N) is 2. The topological polar surface area (TPSA) is 147 Å². The van der Waals surface area contributed by atoms with Gasteiger partial charge in [0.15, 0.2) is 11.5 Å². The van der Waals surface area contributed by atoms with Crippen molar-refractivity contribution >= 4 is 23.0 Å². The Kier molecular flexibility index (Phi) is 6.91. The molecule has 0 fully saturated rings. The molecule has 1 heterocycles. The molecule has 0 spiro atoms. The number of amides is 1. The molecule has 0 atom stereocenters. The van der Waals surface area contributed by atoms with Crippen LogP contribution in [0, 0.1) is 27.2 Å². The van der Waals surface area contributed by atoms with Crippen LogP contribution in [0.1, 0.15) is 21.9 Å². The van der Waals surface area contributed by atoms with Gasteiger partial charge in [-0.25, -0.2) is 0 Å². The number of aryl methyl sites for hydroxylation is 1. The van der Waals surface area contributed by atoms with Gasteiger partial charge in [-0.3, -0.25) is 25.0 Å². The Morgan fingerprint density at radius 2 is 1.64 bits per heavy atom. The minimum atomic E-state index is -0.658. The van der Waals surface area contributed by atoms with E-state index in [0.29, 0.717) is 5.75 Å². The number of furan rings is 1. The van der Waals surface area contributed by atoms with E-state index in [4.69, 9.17) is 13.9 Å². The Labute approximate surface area is 204 Å². The Hall–Kier alpha value is -5.19. The summed E-state index contributed by atoms with van der Waals surface area (Å²) in [6.07, 6.45) is 0. The number of para-hydroxylation sites is 3. The van der Waals surface area contributed by atoms with E-state index >= 15 is 0 Å². The van der Waals surface area contributed by atoms with Crippen molar-refractivity contribution in [2.45, 2.75) is 13.5 Å². The van der Waals surface area contributed by atoms with Crippen molar-refractivity contribution in [2.24, 2.45) is 0 Å². The van der Waals surface area contributed by atoms with Crippen molar-refractivity contribution in [3.05, 3.63) is 116 Å². The van der Waals surface area contributed by atoms with Crippen molar-refractivity contribution in [3.8, 4) is 17.2 Å². The quantitative estimate of drug-likeness (QED) is 0.221. The van der Waals surface area contributed by atoms with Gasteiger partial charge in [0.05, 0.1) is 21.6 Å². The number of hydrogen-bond donors (Lipinski definition) is 1. The first-order chi connectivity index (χ1) is 17.3. The fourth-order valence-corrected chi connectivity index (χ4v) is 3.27. The number of carbonyl (C=O) groups is 1. The lowest BCUT2D eigenvalue weighted by molar-refractivity contribution is -0.386. The van der Waals surface area contributed by atoms with Gasteiger partial charge in [0.1, 0.15) is 23.9 Å². The molecule has 0 aliphatic carbocycles. The normalized spacial score (nSPS) is 10.5. The fourth-order valence-electron chi connectivity index (χ4n) is 3.27. The molecule has 3 aromatic carbocycles. The maximum Gasteiger partial charge on any atom is 0.310 e. The smallest absolute Gasteiger partial charge is 0.310 e. The van der Waals surface area contributed by atoms with Crippen LogP contribution < -0.4 is 14.8 Å². The third kappa shape index (κ3) is 5.65. The SMILES string of the molecule is Cc1ccccc1Oc1cc(NC(=O)c2ccc(COc3ccccc3[N+](=O)[O-])o2)cc([N+](=O)[O-])c1. The first-order valence-corrected chi connectivity index (χ1v) is 10.6. The molecule has 4 aromatic rings. The monoisotopic (exact) mass is 489 g/mol. The standard InChI is InChI=1S/C25H19N3O8/c1-16-6-2-4-8-22(16)36-20-13-17(12-18(14-20)27(30)31)26-25(29)24-11-10-19(35-24)15-34-23-9-5-3-7-21(23)28(32)33/h2-14H,15H2,1H3,(H,26,29). The number of rotatable bonds is 9. The Morgan fingerprint density at radius 1 is 0.917 bits per heavy atom. The van der Waals surface area contributed by atoms with E-state index in [1.807, 2.05) is 19.1 Å². The van der Waals surface area contributed by atoms with Crippen LogP contribution in [0.2, 0.25) is 0 Å². The lowest BCUT2D eigenvalue weighted by Crippen LogP contribution is -2.11. The molecule has 36 heavy (non-hydrogen) atoms. The largest absolute Gasteiger partial charge is 0.479 e. The summed E-state index contributed by atoms with van der Waals surface area (Å²) in [6.45, 7) is 1.69. The fraction of sp³-hybridized carbons (Fsp3) is 0.0800. The molecule has 0 aliphatic heterocycles. The van der Waals surface area contributed by atoms with Gasteiger partial charge in [0.2, 0.25) is 0 Å². The van der Waals surface area contributed by atoms with Crippen LogP contribution in [0.4, 0.5) is 17.1 Å². The van der Waals surface area contributed by atoms with Crippen molar-refractivity contribution in [2.75, 3.05) is 5.32 Å². The van der Waals surface area contributed by atoms with Crippen molar-refractivity contribution in [1.29, 1.82) is 0 Å². The maximum atomic E-state index is 12.7. The summed E-state index contributed by atoms with van der Waals surface area (Å²) in [6, 6.07) is 19.9. The summed E-state index contributed by atoms with van der Waals surface area (Å²) in [4.78, 5) is 34.1. The van der Waals surface area contributed by atoms with Crippen molar-refractivity contribution < 1.29 is 28.5 Å². The molecule has 1 amide bonds. The molecule has 0 radical (unpaired) electrons. The molecule has 4 rings (SSSR count). The van der Waals surface area contributed by atoms with E-state index in [2.05, 4.69) is 5.32 Å². The van der Waals surface area contributed by atoms with Gasteiger partial charge in [-0.15, -0.1) is 0 Å². The molecule has 1 aromatic heterocycles. The molecule has 0 unspecified atom stereocenters. The van der Waals surface area contributed by atoms with Crippen LogP contribution in [0.3, 0.4) is 0 Å². The highest BCUT2D eigenvalue weighted by molar-refractivity contribution is 6.02. The highest BCUT2D eigenvalue weighted by Crippen LogP contribution is 2.31. The third-order valence-electron chi connectivity index (χ3n) is 5.00. The summed E-state index contributed by atoms with van der Waals surface area (Å²) in [7, 11) is 0. The first kappa shape index (κ1) is 24.0. The molecular weight excluding hydrogens is 470 g/mol. The van der Waals surface area contributed by atoms with Gasteiger partial charge < -0.3 is 19.2 Å². The Morgan fingerprint density at radius 3 is 2.36 bits per heavy atom. The predicted molar refractivity (Wildman–Crippen MR) is 128 cm³/mol. The van der Waals surface area contributed by atoms with Crippen molar-refractivity contribution in [1.82, 2.24) is 0 Å². The molecule has 0 aliphatic rings. The van der Waals surface area contributed by atoms with Gasteiger partial charge in [-0.2, -0.15) is 0 Å². The molecule has 0 saturated heterocycles. The van der Waals surface area contributed by atoms with E-state index in [1.165, 1.54) is 48.5 Å². The van der Waals surface area contributed by atoms with E-state index in [0.717, 1.165) is 5.56 Å². The summed E-state index contributed by atoms with van der Waals surface area (Å²) in [5.74, 6) is 0.262. The van der Waals surface area contributed by atoms with Gasteiger partial charge in [0.25, 0.3) is 11.6 Å². The number of hydrogen-bond acceptors (Lipinski definition) is 8. The third-order valence-corrected chi connectivity index (χ3v) is 5.00. The minimum Gasteiger partial charge on any atom is -0.479 e. The highest BCUT2D eigenvalue weighted by Gasteiger charge is 2.18. The number of nitro benzene ring substituents is 2. The minimum absolute atomic E-state index is 0.0580. The first-order valence-electron chi connectivity index (χ1n) is 10.6. The number of benzene rings is 3. The second-order valence-corrected chi connectivity index (χ2v) is 7.57. The molecule has 1 N–H and O–H groups in total. The van der Waals surface area contributed by atoms with Crippen molar-refractivity contribution in [3.63, 3.8) is 0 Å². The zero-order valence-corrected chi connectivity index (χ0v) is 18.9. The van der Waals surface area contributed by atoms with E-state index in [-0.39, 0.29) is 46.7 Å². The maximum absolute atomic E-state index is 12.7. The van der Waals surface area contributed by atoms with E-state index in [9.17, 15) is 25.0 Å². The van der Waals surface area contributed by atoms with Gasteiger partial charge in [0, 0.05) is 18.2 Å². The molecule has 0 saturated carbocycles. The van der Waals surface area contributed by atoms with E-state index < -0.39 is 15.8 Å². The molecule has 182 valence electrons. The summed E-state index contributed by atoms with van der Waals surface area (Å²) in [5, 5.41) is 25.1. The Balaban J connectivity index is 1.48. The van der Waals surface area contributed by atoms with Gasteiger partial charge in [-0.05, 0) is 36.8 Å². The zero-order valence-electron chi connectivity index (χ0n) is 18.9. The average molecular weight is 489 g/mol. The lowest BCUT2D eigenvalue weighted by Gasteiger charge is -2.10. The number of nitro groups is 2. The van der Waals surface area contributed by atoms with Gasteiger partial charge >= 0.3 is 5.69 Å². The van der Waals surface area contributed by atoms with Crippen LogP contribution >= 0.6 is 0 Å². The van der Waals surface area contributed by atoms with E-state index in [1.54, 1.807) is 18.2 Å². The number of non-ortho nitro benzene ring substituents is 1. The summed E-state index contributed by atoms with van der Waals surface area (Å²) >= 11 is 0. The van der Waals surface area contributed by atoms with Gasteiger partial charge in [-0.1, -0.05) is 30.3 Å². The zero-order chi connectivity index (χ0) is 25.7. The number of carbonyl (C=O) groups excluding carboxylic acids is 1. The van der Waals surface area contributed by atoms with Crippen LogP contribution in [0.5, 0.6) is 17.2 Å². The lowest BCUT2D eigenvalue weighted by atomic mass is 10.2. The molecule has 11 heteroatoms. The van der Waals surface area contributed by atoms with Crippen LogP contribution in [0.15, 0.2) is 83.3 Å². The van der Waals surface area contributed by atoms with Crippen LogP contribution in [0.25, 0.3) is 0 Å². The molecular formula is C25H19N3O8. The predicted octanol–water partition coefficient (Wildman–Crippen LogP) is 6.03. The number of nitrogens with one attached hydrogen (secondary N) is 1.